The topological polar surface area (TPSA) is 95.7 Å². The summed E-state index contributed by atoms with van der Waals surface area (Å²) in [6.45, 7) is 1.74. The van der Waals surface area contributed by atoms with Crippen molar-refractivity contribution in [1.82, 2.24) is 0 Å². The highest BCUT2D eigenvalue weighted by atomic mass is 33.1. The molecule has 0 saturated heterocycles. The van der Waals surface area contributed by atoms with Crippen LogP contribution in [-0.4, -0.2) is 41.6 Å². The third-order valence-electron chi connectivity index (χ3n) is 4.26. The first-order valence-electron chi connectivity index (χ1n) is 9.43. The lowest BCUT2D eigenvalue weighted by Gasteiger charge is -2.13. The van der Waals surface area contributed by atoms with Gasteiger partial charge in [0, 0.05) is 23.0 Å². The molecule has 10 heteroatoms. The minimum Gasteiger partial charge on any atom is -0.464 e. The summed E-state index contributed by atoms with van der Waals surface area (Å²) in [5.74, 6) is -1.15. The molecule has 0 radical (unpaired) electrons. The van der Waals surface area contributed by atoms with E-state index in [1.165, 1.54) is 27.7 Å². The molecule has 0 spiro atoms. The predicted molar refractivity (Wildman–Crippen MR) is 119 cm³/mol. The van der Waals surface area contributed by atoms with Gasteiger partial charge < -0.3 is 9.57 Å². The molecule has 2 rings (SSSR count). The normalized spacial score (nSPS) is 11.5. The van der Waals surface area contributed by atoms with Crippen LogP contribution < -0.4 is 0 Å². The Bertz CT molecular complexity index is 897. The summed E-state index contributed by atoms with van der Waals surface area (Å²) in [4.78, 5) is 38.4. The minimum atomic E-state index is -0.850. The molecule has 0 saturated carbocycles. The number of nitrogens with zero attached hydrogens (tertiary/aromatic N) is 1. The van der Waals surface area contributed by atoms with Crippen molar-refractivity contribution in [2.24, 2.45) is 0 Å². The molecule has 0 aliphatic rings. The molecule has 0 aromatic heterocycles. The van der Waals surface area contributed by atoms with Crippen molar-refractivity contribution in [2.75, 3.05) is 24.7 Å². The van der Waals surface area contributed by atoms with Gasteiger partial charge in [0.1, 0.15) is 25.5 Å². The molecule has 31 heavy (non-hydrogen) atoms. The van der Waals surface area contributed by atoms with E-state index in [-0.39, 0.29) is 19.0 Å². The average Bonchev–Trinajstić information content (AvgIpc) is 2.75. The van der Waals surface area contributed by atoms with Gasteiger partial charge in [0.05, 0.1) is 0 Å². The number of halogens is 1. The van der Waals surface area contributed by atoms with E-state index < -0.39 is 29.2 Å². The van der Waals surface area contributed by atoms with Crippen molar-refractivity contribution in [3.05, 3.63) is 70.0 Å². The van der Waals surface area contributed by atoms with E-state index in [2.05, 4.69) is 4.84 Å². The van der Waals surface area contributed by atoms with E-state index >= 15 is 0 Å². The first kappa shape index (κ1) is 24.7. The van der Waals surface area contributed by atoms with Crippen molar-refractivity contribution < 1.29 is 28.6 Å². The Balaban J connectivity index is 1.74. The SMILES string of the molecule is CC(C(=O)CC(=O)OCCSSCCO[N+](=O)[O-])c1ccc(-c2ccccc2)c(F)c1. The Kier molecular flexibility index (Phi) is 10.3. The second-order valence-corrected chi connectivity index (χ2v) is 9.09. The summed E-state index contributed by atoms with van der Waals surface area (Å²) in [5.41, 5.74) is 1.69. The number of benzene rings is 2. The maximum absolute atomic E-state index is 14.5. The molecule has 0 N–H and O–H groups in total. The summed E-state index contributed by atoms with van der Waals surface area (Å²) in [7, 11) is 2.74. The van der Waals surface area contributed by atoms with Crippen molar-refractivity contribution in [2.45, 2.75) is 19.3 Å². The number of hydrogen-bond donors (Lipinski definition) is 0. The Morgan fingerprint density at radius 1 is 1.10 bits per heavy atom. The Morgan fingerprint density at radius 2 is 1.77 bits per heavy atom. The highest BCUT2D eigenvalue weighted by molar-refractivity contribution is 8.76. The summed E-state index contributed by atoms with van der Waals surface area (Å²) in [6, 6.07) is 13.8. The standard InChI is InChI=1S/C21H22FNO6S2/c1-15(17-7-8-18(19(22)13-17)16-5-3-2-4-6-16)20(24)14-21(25)28-9-11-30-31-12-10-29-23(26)27/h2-8,13,15H,9-12,14H2,1H3. The molecule has 0 amide bonds. The van der Waals surface area contributed by atoms with Gasteiger partial charge in [0.25, 0.3) is 5.09 Å². The number of carbonyl (C=O) groups is 2. The summed E-state index contributed by atoms with van der Waals surface area (Å²) in [5, 5.41) is 9.14. The van der Waals surface area contributed by atoms with Crippen LogP contribution in [0.15, 0.2) is 48.5 Å². The molecule has 2 aromatic carbocycles. The Hall–Kier alpha value is -2.59. The van der Waals surface area contributed by atoms with Crippen LogP contribution >= 0.6 is 21.6 Å². The van der Waals surface area contributed by atoms with Gasteiger partial charge in [-0.1, -0.05) is 71.0 Å². The van der Waals surface area contributed by atoms with Crippen molar-refractivity contribution in [3.8, 4) is 11.1 Å². The number of carbonyl (C=O) groups excluding carboxylic acids is 2. The van der Waals surface area contributed by atoms with Crippen LogP contribution in [0.25, 0.3) is 11.1 Å². The van der Waals surface area contributed by atoms with Crippen LogP contribution in [0, 0.1) is 15.9 Å². The smallest absolute Gasteiger partial charge is 0.313 e. The fourth-order valence-electron chi connectivity index (χ4n) is 2.64. The molecule has 2 aromatic rings. The summed E-state index contributed by atoms with van der Waals surface area (Å²) < 4.78 is 19.6. The van der Waals surface area contributed by atoms with Gasteiger partial charge >= 0.3 is 5.97 Å². The van der Waals surface area contributed by atoms with Crippen molar-refractivity contribution in [3.63, 3.8) is 0 Å². The lowest BCUT2D eigenvalue weighted by Crippen LogP contribution is -2.17. The van der Waals surface area contributed by atoms with Crippen LogP contribution in [0.1, 0.15) is 24.8 Å². The van der Waals surface area contributed by atoms with E-state index in [0.717, 1.165) is 5.56 Å². The number of ketones is 1. The molecule has 0 aliphatic heterocycles. The van der Waals surface area contributed by atoms with E-state index in [1.807, 2.05) is 18.2 Å². The monoisotopic (exact) mass is 467 g/mol. The van der Waals surface area contributed by atoms with E-state index in [9.17, 15) is 24.1 Å². The lowest BCUT2D eigenvalue weighted by molar-refractivity contribution is -0.756. The van der Waals surface area contributed by atoms with Crippen LogP contribution in [0.3, 0.4) is 0 Å². The average molecular weight is 468 g/mol. The summed E-state index contributed by atoms with van der Waals surface area (Å²) >= 11 is 0. The maximum Gasteiger partial charge on any atom is 0.313 e. The largest absolute Gasteiger partial charge is 0.464 e. The molecule has 1 unspecified atom stereocenters. The molecule has 166 valence electrons. The highest BCUT2D eigenvalue weighted by Crippen LogP contribution is 2.27. The lowest BCUT2D eigenvalue weighted by atomic mass is 9.93. The molecular weight excluding hydrogens is 445 g/mol. The second-order valence-electron chi connectivity index (χ2n) is 6.39. The maximum atomic E-state index is 14.5. The van der Waals surface area contributed by atoms with Crippen LogP contribution in [0.2, 0.25) is 0 Å². The Morgan fingerprint density at radius 3 is 2.42 bits per heavy atom. The number of hydrogen-bond acceptors (Lipinski definition) is 8. The van der Waals surface area contributed by atoms with Crippen LogP contribution in [0.5, 0.6) is 0 Å². The molecular formula is C21H22FNO6S2. The van der Waals surface area contributed by atoms with Gasteiger partial charge in [-0.3, -0.25) is 9.59 Å². The zero-order chi connectivity index (χ0) is 22.6. The molecule has 0 aliphatic carbocycles. The summed E-state index contributed by atoms with van der Waals surface area (Å²) in [6.07, 6.45) is -0.391. The van der Waals surface area contributed by atoms with Crippen molar-refractivity contribution >= 4 is 33.3 Å². The minimum absolute atomic E-state index is 0.0102. The molecule has 0 bridgehead atoms. The van der Waals surface area contributed by atoms with Crippen LogP contribution in [0.4, 0.5) is 4.39 Å². The molecule has 1 atom stereocenters. The predicted octanol–water partition coefficient (Wildman–Crippen LogP) is 4.69. The third-order valence-corrected chi connectivity index (χ3v) is 6.59. The van der Waals surface area contributed by atoms with Gasteiger partial charge in [-0.05, 0) is 17.2 Å². The van der Waals surface area contributed by atoms with E-state index in [4.69, 9.17) is 4.74 Å². The number of rotatable bonds is 13. The zero-order valence-corrected chi connectivity index (χ0v) is 18.5. The highest BCUT2D eigenvalue weighted by Gasteiger charge is 2.20. The van der Waals surface area contributed by atoms with Gasteiger partial charge in [-0.25, -0.2) is 4.39 Å². The number of esters is 1. The Labute approximate surface area is 187 Å². The molecule has 7 nitrogen and oxygen atoms in total. The first-order chi connectivity index (χ1) is 14.9. The number of ether oxygens (including phenoxy) is 1. The molecule has 0 heterocycles. The van der Waals surface area contributed by atoms with Crippen molar-refractivity contribution in [1.29, 1.82) is 0 Å². The fraction of sp³-hybridized carbons (Fsp3) is 0.333. The van der Waals surface area contributed by atoms with Gasteiger partial charge in [-0.15, -0.1) is 10.1 Å². The first-order valence-corrected chi connectivity index (χ1v) is 11.9. The van der Waals surface area contributed by atoms with Gasteiger partial charge in [0.15, 0.2) is 5.78 Å². The van der Waals surface area contributed by atoms with E-state index in [1.54, 1.807) is 31.2 Å². The second kappa shape index (κ2) is 13.0. The third kappa shape index (κ3) is 8.58. The number of Topliss-reactive ketones (excluding diaryl/α,β-unsaturated/α-hetero) is 1. The van der Waals surface area contributed by atoms with Gasteiger partial charge in [0.2, 0.25) is 0 Å². The van der Waals surface area contributed by atoms with Crippen LogP contribution in [-0.2, 0) is 19.2 Å². The van der Waals surface area contributed by atoms with E-state index in [0.29, 0.717) is 22.6 Å². The quantitative estimate of drug-likeness (QED) is 0.105. The van der Waals surface area contributed by atoms with Gasteiger partial charge in [-0.2, -0.15) is 0 Å². The zero-order valence-electron chi connectivity index (χ0n) is 16.8. The fourth-order valence-corrected chi connectivity index (χ4v) is 4.28. The molecule has 0 fully saturated rings.